The monoisotopic (exact) mass is 367 g/mol. The van der Waals surface area contributed by atoms with E-state index in [0.29, 0.717) is 18.7 Å². The lowest BCUT2D eigenvalue weighted by molar-refractivity contribution is -0.139. The Morgan fingerprint density at radius 1 is 1.11 bits per heavy atom. The number of benzene rings is 2. The summed E-state index contributed by atoms with van der Waals surface area (Å²) in [5, 5.41) is 7.52. The smallest absolute Gasteiger partial charge is 0.243 e. The van der Waals surface area contributed by atoms with Crippen LogP contribution in [0.3, 0.4) is 0 Å². The largest absolute Gasteiger partial charge is 0.345 e. The zero-order valence-electron chi connectivity index (χ0n) is 15.7. The van der Waals surface area contributed by atoms with Gasteiger partial charge in [0.1, 0.15) is 6.04 Å². The third kappa shape index (κ3) is 4.27. The average molecular weight is 367 g/mol. The van der Waals surface area contributed by atoms with Gasteiger partial charge in [-0.1, -0.05) is 50.2 Å². The van der Waals surface area contributed by atoms with Crippen LogP contribution in [0.5, 0.6) is 0 Å². The van der Waals surface area contributed by atoms with E-state index in [-0.39, 0.29) is 30.2 Å². The lowest BCUT2D eigenvalue weighted by Crippen LogP contribution is -2.51. The molecule has 2 N–H and O–H groups in total. The van der Waals surface area contributed by atoms with E-state index in [1.54, 1.807) is 4.90 Å². The number of anilines is 1. The van der Waals surface area contributed by atoms with E-state index in [9.17, 15) is 14.4 Å². The molecule has 0 saturated carbocycles. The second-order valence-corrected chi connectivity index (χ2v) is 7.17. The minimum absolute atomic E-state index is 0.00376. The van der Waals surface area contributed by atoms with Gasteiger partial charge in [-0.25, -0.2) is 0 Å². The number of amides is 3. The van der Waals surface area contributed by atoms with E-state index in [1.807, 2.05) is 56.3 Å². The summed E-state index contributed by atoms with van der Waals surface area (Å²) in [6.07, 6.45) is 1.26. The predicted molar refractivity (Wildman–Crippen MR) is 105 cm³/mol. The number of carbonyl (C=O) groups is 3. The van der Waals surface area contributed by atoms with Crippen LogP contribution in [0.15, 0.2) is 42.5 Å². The van der Waals surface area contributed by atoms with Crippen LogP contribution in [-0.2, 0) is 14.4 Å². The SMILES string of the molecule is CC(C)C(C(=O)NCC(=O)Nc1cccc2ccccc12)N1CCCC1=O. The van der Waals surface area contributed by atoms with Crippen LogP contribution in [0.4, 0.5) is 5.69 Å². The molecule has 1 aliphatic rings. The first-order valence-electron chi connectivity index (χ1n) is 9.32. The molecular weight excluding hydrogens is 342 g/mol. The zero-order chi connectivity index (χ0) is 19.4. The highest BCUT2D eigenvalue weighted by molar-refractivity contribution is 6.03. The molecule has 6 heteroatoms. The molecular formula is C21H25N3O3. The molecule has 0 bridgehead atoms. The highest BCUT2D eigenvalue weighted by Crippen LogP contribution is 2.23. The highest BCUT2D eigenvalue weighted by Gasteiger charge is 2.34. The quantitative estimate of drug-likeness (QED) is 0.824. The summed E-state index contributed by atoms with van der Waals surface area (Å²) in [7, 11) is 0. The number of carbonyl (C=O) groups excluding carboxylic acids is 3. The van der Waals surface area contributed by atoms with Gasteiger partial charge >= 0.3 is 0 Å². The Bertz CT molecular complexity index is 857. The van der Waals surface area contributed by atoms with Crippen LogP contribution in [0.2, 0.25) is 0 Å². The molecule has 0 spiro atoms. The van der Waals surface area contributed by atoms with Crippen LogP contribution in [0, 0.1) is 5.92 Å². The molecule has 1 aliphatic heterocycles. The molecule has 1 atom stereocenters. The van der Waals surface area contributed by atoms with Crippen molar-refractivity contribution in [2.24, 2.45) is 5.92 Å². The van der Waals surface area contributed by atoms with Crippen molar-refractivity contribution >= 4 is 34.2 Å². The molecule has 0 aromatic heterocycles. The number of nitrogens with one attached hydrogen (secondary N) is 2. The van der Waals surface area contributed by atoms with Crippen LogP contribution in [-0.4, -0.2) is 41.8 Å². The Morgan fingerprint density at radius 3 is 2.56 bits per heavy atom. The third-order valence-corrected chi connectivity index (χ3v) is 4.83. The number of likely N-dealkylation sites (tertiary alicyclic amines) is 1. The van der Waals surface area contributed by atoms with E-state index in [1.165, 1.54) is 0 Å². The Morgan fingerprint density at radius 2 is 1.85 bits per heavy atom. The molecule has 2 aromatic carbocycles. The van der Waals surface area contributed by atoms with Crippen molar-refractivity contribution in [3.05, 3.63) is 42.5 Å². The van der Waals surface area contributed by atoms with Gasteiger partial charge in [0.25, 0.3) is 0 Å². The van der Waals surface area contributed by atoms with Crippen LogP contribution in [0.25, 0.3) is 10.8 Å². The van der Waals surface area contributed by atoms with Gasteiger partial charge in [-0.15, -0.1) is 0 Å². The number of hydrogen-bond donors (Lipinski definition) is 2. The second kappa shape index (κ2) is 8.20. The fraction of sp³-hybridized carbons (Fsp3) is 0.381. The van der Waals surface area contributed by atoms with Crippen molar-refractivity contribution in [1.29, 1.82) is 0 Å². The predicted octanol–water partition coefficient (Wildman–Crippen LogP) is 2.54. The summed E-state index contributed by atoms with van der Waals surface area (Å²) in [5.41, 5.74) is 0.711. The molecule has 6 nitrogen and oxygen atoms in total. The summed E-state index contributed by atoms with van der Waals surface area (Å²) in [6, 6.07) is 12.9. The zero-order valence-corrected chi connectivity index (χ0v) is 15.7. The summed E-state index contributed by atoms with van der Waals surface area (Å²) < 4.78 is 0. The van der Waals surface area contributed by atoms with Gasteiger partial charge in [0.15, 0.2) is 0 Å². The molecule has 3 rings (SSSR count). The third-order valence-electron chi connectivity index (χ3n) is 4.83. The molecule has 1 saturated heterocycles. The van der Waals surface area contributed by atoms with E-state index in [0.717, 1.165) is 17.2 Å². The van der Waals surface area contributed by atoms with Gasteiger partial charge in [0.2, 0.25) is 17.7 Å². The van der Waals surface area contributed by atoms with E-state index in [4.69, 9.17) is 0 Å². The lowest BCUT2D eigenvalue weighted by Gasteiger charge is -2.29. The molecule has 3 amide bonds. The van der Waals surface area contributed by atoms with E-state index in [2.05, 4.69) is 10.6 Å². The summed E-state index contributed by atoms with van der Waals surface area (Å²) >= 11 is 0. The molecule has 27 heavy (non-hydrogen) atoms. The molecule has 1 heterocycles. The van der Waals surface area contributed by atoms with Crippen LogP contribution < -0.4 is 10.6 Å². The first-order chi connectivity index (χ1) is 13.0. The van der Waals surface area contributed by atoms with Crippen LogP contribution in [0.1, 0.15) is 26.7 Å². The van der Waals surface area contributed by atoms with Crippen molar-refractivity contribution in [1.82, 2.24) is 10.2 Å². The Labute approximate surface area is 158 Å². The maximum atomic E-state index is 12.6. The topological polar surface area (TPSA) is 78.5 Å². The van der Waals surface area contributed by atoms with Gasteiger partial charge in [-0.3, -0.25) is 14.4 Å². The molecule has 1 fully saturated rings. The van der Waals surface area contributed by atoms with Gasteiger partial charge in [0, 0.05) is 24.0 Å². The second-order valence-electron chi connectivity index (χ2n) is 7.17. The van der Waals surface area contributed by atoms with Crippen molar-refractivity contribution in [3.8, 4) is 0 Å². The van der Waals surface area contributed by atoms with Gasteiger partial charge in [-0.05, 0) is 23.8 Å². The number of hydrogen-bond acceptors (Lipinski definition) is 3. The average Bonchev–Trinajstić information content (AvgIpc) is 3.06. The molecule has 1 unspecified atom stereocenters. The number of nitrogens with zero attached hydrogens (tertiary/aromatic N) is 1. The minimum atomic E-state index is -0.537. The fourth-order valence-corrected chi connectivity index (χ4v) is 3.57. The highest BCUT2D eigenvalue weighted by atomic mass is 16.2. The van der Waals surface area contributed by atoms with Gasteiger partial charge in [-0.2, -0.15) is 0 Å². The molecule has 0 radical (unpaired) electrons. The molecule has 2 aromatic rings. The minimum Gasteiger partial charge on any atom is -0.345 e. The molecule has 142 valence electrons. The van der Waals surface area contributed by atoms with Crippen LogP contribution >= 0.6 is 0 Å². The number of rotatable bonds is 6. The normalized spacial score (nSPS) is 15.2. The Kier molecular flexibility index (Phi) is 5.74. The maximum absolute atomic E-state index is 12.6. The van der Waals surface area contributed by atoms with Gasteiger partial charge in [0.05, 0.1) is 6.54 Å². The fourth-order valence-electron chi connectivity index (χ4n) is 3.57. The lowest BCUT2D eigenvalue weighted by atomic mass is 10.0. The van der Waals surface area contributed by atoms with Crippen molar-refractivity contribution in [2.45, 2.75) is 32.7 Å². The molecule has 0 aliphatic carbocycles. The van der Waals surface area contributed by atoms with Crippen molar-refractivity contribution in [2.75, 3.05) is 18.4 Å². The summed E-state index contributed by atoms with van der Waals surface area (Å²) in [6.45, 7) is 4.28. The van der Waals surface area contributed by atoms with E-state index >= 15 is 0 Å². The van der Waals surface area contributed by atoms with Crippen molar-refractivity contribution < 1.29 is 14.4 Å². The van der Waals surface area contributed by atoms with Crippen molar-refractivity contribution in [3.63, 3.8) is 0 Å². The summed E-state index contributed by atoms with van der Waals surface area (Å²) in [5.74, 6) is -0.597. The number of fused-ring (bicyclic) bond motifs is 1. The van der Waals surface area contributed by atoms with E-state index < -0.39 is 6.04 Å². The summed E-state index contributed by atoms with van der Waals surface area (Å²) in [4.78, 5) is 38.6. The first-order valence-corrected chi connectivity index (χ1v) is 9.32. The Hall–Kier alpha value is -2.89. The Balaban J connectivity index is 1.62. The maximum Gasteiger partial charge on any atom is 0.243 e. The first kappa shape index (κ1) is 18.9. The standard InChI is InChI=1S/C21H25N3O3/c1-14(2)20(24-12-6-11-19(24)26)21(27)22-13-18(25)23-17-10-5-8-15-7-3-4-9-16(15)17/h3-5,7-10,14,20H,6,11-13H2,1-2H3,(H,22,27)(H,23,25). The van der Waals surface area contributed by atoms with Gasteiger partial charge < -0.3 is 15.5 Å².